The van der Waals surface area contributed by atoms with E-state index in [2.05, 4.69) is 26.6 Å². The SMILES string of the molecule is COc1ccc(NC(=O)CNc2ccccc2Br)cc1Cl. The molecule has 4 nitrogen and oxygen atoms in total. The first-order valence-corrected chi connectivity index (χ1v) is 7.39. The van der Waals surface area contributed by atoms with Crippen molar-refractivity contribution >= 4 is 44.8 Å². The van der Waals surface area contributed by atoms with Crippen molar-refractivity contribution in [1.82, 2.24) is 0 Å². The standard InChI is InChI=1S/C15H14BrClN2O2/c1-21-14-7-6-10(8-12(14)17)19-15(20)9-18-13-5-3-2-4-11(13)16/h2-8,18H,9H2,1H3,(H,19,20). The van der Waals surface area contributed by atoms with Gasteiger partial charge in [0.15, 0.2) is 0 Å². The molecule has 110 valence electrons. The zero-order valence-electron chi connectivity index (χ0n) is 11.3. The van der Waals surface area contributed by atoms with Gasteiger partial charge < -0.3 is 15.4 Å². The highest BCUT2D eigenvalue weighted by Crippen LogP contribution is 2.27. The predicted molar refractivity (Wildman–Crippen MR) is 89.3 cm³/mol. The summed E-state index contributed by atoms with van der Waals surface area (Å²) in [7, 11) is 1.54. The lowest BCUT2D eigenvalue weighted by Gasteiger charge is -2.10. The van der Waals surface area contributed by atoms with Gasteiger partial charge in [0.25, 0.3) is 0 Å². The zero-order chi connectivity index (χ0) is 15.2. The van der Waals surface area contributed by atoms with Crippen LogP contribution in [0, 0.1) is 0 Å². The van der Waals surface area contributed by atoms with Crippen molar-refractivity contribution in [2.24, 2.45) is 0 Å². The van der Waals surface area contributed by atoms with Crippen LogP contribution in [0.1, 0.15) is 0 Å². The Kier molecular flexibility index (Phi) is 5.47. The van der Waals surface area contributed by atoms with Gasteiger partial charge in [-0.25, -0.2) is 0 Å². The Morgan fingerprint density at radius 1 is 1.29 bits per heavy atom. The zero-order valence-corrected chi connectivity index (χ0v) is 13.7. The first-order valence-electron chi connectivity index (χ1n) is 6.22. The Labute approximate surface area is 136 Å². The van der Waals surface area contributed by atoms with Gasteiger partial charge in [0.05, 0.1) is 18.7 Å². The van der Waals surface area contributed by atoms with Crippen molar-refractivity contribution in [3.05, 3.63) is 52.0 Å². The monoisotopic (exact) mass is 368 g/mol. The van der Waals surface area contributed by atoms with Crippen LogP contribution in [-0.4, -0.2) is 19.6 Å². The summed E-state index contributed by atoms with van der Waals surface area (Å²) in [5, 5.41) is 6.27. The van der Waals surface area contributed by atoms with Gasteiger partial charge in [-0.2, -0.15) is 0 Å². The summed E-state index contributed by atoms with van der Waals surface area (Å²) in [4.78, 5) is 11.9. The molecule has 0 heterocycles. The maximum Gasteiger partial charge on any atom is 0.243 e. The molecule has 2 aromatic rings. The second-order valence-electron chi connectivity index (χ2n) is 4.23. The highest BCUT2D eigenvalue weighted by molar-refractivity contribution is 9.10. The Balaban J connectivity index is 1.93. The molecular formula is C15H14BrClN2O2. The highest BCUT2D eigenvalue weighted by atomic mass is 79.9. The number of carbonyl (C=O) groups is 1. The molecule has 0 spiro atoms. The van der Waals surface area contributed by atoms with E-state index in [1.807, 2.05) is 24.3 Å². The van der Waals surface area contributed by atoms with E-state index in [1.165, 1.54) is 0 Å². The van der Waals surface area contributed by atoms with E-state index in [0.29, 0.717) is 16.5 Å². The van der Waals surface area contributed by atoms with Gasteiger partial charge in [-0.05, 0) is 46.3 Å². The molecule has 1 amide bonds. The van der Waals surface area contributed by atoms with Gasteiger partial charge in [0.1, 0.15) is 5.75 Å². The molecule has 6 heteroatoms. The largest absolute Gasteiger partial charge is 0.495 e. The van der Waals surface area contributed by atoms with Crippen LogP contribution < -0.4 is 15.4 Å². The van der Waals surface area contributed by atoms with Gasteiger partial charge in [0.2, 0.25) is 5.91 Å². The molecule has 0 saturated carbocycles. The second-order valence-corrected chi connectivity index (χ2v) is 5.49. The number of hydrogen-bond acceptors (Lipinski definition) is 3. The van der Waals surface area contributed by atoms with Crippen LogP contribution in [0.25, 0.3) is 0 Å². The van der Waals surface area contributed by atoms with E-state index >= 15 is 0 Å². The predicted octanol–water partition coefficient (Wildman–Crippen LogP) is 4.16. The minimum absolute atomic E-state index is 0.159. The van der Waals surface area contributed by atoms with Gasteiger partial charge in [-0.1, -0.05) is 23.7 Å². The summed E-state index contributed by atoms with van der Waals surface area (Å²) < 4.78 is 5.97. The van der Waals surface area contributed by atoms with Gasteiger partial charge >= 0.3 is 0 Å². The van der Waals surface area contributed by atoms with Crippen LogP contribution in [0.4, 0.5) is 11.4 Å². The summed E-state index contributed by atoms with van der Waals surface area (Å²) in [5.41, 5.74) is 1.49. The molecule has 2 N–H and O–H groups in total. The number of rotatable bonds is 5. The van der Waals surface area contributed by atoms with Crippen molar-refractivity contribution in [3.63, 3.8) is 0 Å². The third-order valence-electron chi connectivity index (χ3n) is 2.75. The lowest BCUT2D eigenvalue weighted by Crippen LogP contribution is -2.21. The topological polar surface area (TPSA) is 50.4 Å². The number of halogens is 2. The first kappa shape index (κ1) is 15.7. The molecule has 0 aliphatic carbocycles. The second kappa shape index (κ2) is 7.33. The van der Waals surface area contributed by atoms with E-state index in [0.717, 1.165) is 10.2 Å². The molecule has 0 fully saturated rings. The van der Waals surface area contributed by atoms with E-state index in [9.17, 15) is 4.79 Å². The fourth-order valence-electron chi connectivity index (χ4n) is 1.73. The molecule has 0 bridgehead atoms. The lowest BCUT2D eigenvalue weighted by atomic mass is 10.3. The number of para-hydroxylation sites is 1. The Morgan fingerprint density at radius 2 is 2.05 bits per heavy atom. The summed E-state index contributed by atoms with van der Waals surface area (Å²) in [6.07, 6.45) is 0. The van der Waals surface area contributed by atoms with Crippen molar-refractivity contribution < 1.29 is 9.53 Å². The molecule has 0 aliphatic rings. The van der Waals surface area contributed by atoms with Crippen molar-refractivity contribution in [2.75, 3.05) is 24.3 Å². The van der Waals surface area contributed by atoms with Gasteiger partial charge in [-0.15, -0.1) is 0 Å². The molecular weight excluding hydrogens is 356 g/mol. The molecule has 0 unspecified atom stereocenters. The summed E-state index contributed by atoms with van der Waals surface area (Å²) in [6, 6.07) is 12.7. The molecule has 0 aromatic heterocycles. The smallest absolute Gasteiger partial charge is 0.243 e. The van der Waals surface area contributed by atoms with E-state index in [1.54, 1.807) is 25.3 Å². The number of carbonyl (C=O) groups excluding carboxylic acids is 1. The van der Waals surface area contributed by atoms with Crippen LogP contribution in [0.5, 0.6) is 5.75 Å². The molecule has 0 saturated heterocycles. The highest BCUT2D eigenvalue weighted by Gasteiger charge is 2.06. The fraction of sp³-hybridized carbons (Fsp3) is 0.133. The van der Waals surface area contributed by atoms with Gasteiger partial charge in [-0.3, -0.25) is 4.79 Å². The Hall–Kier alpha value is -1.72. The van der Waals surface area contributed by atoms with Crippen LogP contribution in [0.2, 0.25) is 5.02 Å². The maximum atomic E-state index is 11.9. The minimum atomic E-state index is -0.160. The van der Waals surface area contributed by atoms with Crippen LogP contribution >= 0.6 is 27.5 Å². The first-order chi connectivity index (χ1) is 10.1. The molecule has 2 rings (SSSR count). The Morgan fingerprint density at radius 3 is 2.71 bits per heavy atom. The van der Waals surface area contributed by atoms with E-state index in [4.69, 9.17) is 16.3 Å². The number of anilines is 2. The lowest BCUT2D eigenvalue weighted by molar-refractivity contribution is -0.114. The van der Waals surface area contributed by atoms with Crippen molar-refractivity contribution in [1.29, 1.82) is 0 Å². The maximum absolute atomic E-state index is 11.9. The number of hydrogen-bond donors (Lipinski definition) is 2. The molecule has 2 aromatic carbocycles. The number of amides is 1. The molecule has 21 heavy (non-hydrogen) atoms. The molecule has 0 aliphatic heterocycles. The van der Waals surface area contributed by atoms with Crippen LogP contribution in [0.15, 0.2) is 46.9 Å². The number of nitrogens with one attached hydrogen (secondary N) is 2. The summed E-state index contributed by atoms with van der Waals surface area (Å²) in [6.45, 7) is 0.159. The molecule has 0 atom stereocenters. The van der Waals surface area contributed by atoms with Crippen LogP contribution in [-0.2, 0) is 4.79 Å². The number of ether oxygens (including phenoxy) is 1. The third kappa shape index (κ3) is 4.37. The van der Waals surface area contributed by atoms with Crippen molar-refractivity contribution in [2.45, 2.75) is 0 Å². The minimum Gasteiger partial charge on any atom is -0.495 e. The summed E-state index contributed by atoms with van der Waals surface area (Å²) >= 11 is 9.42. The van der Waals surface area contributed by atoms with E-state index in [-0.39, 0.29) is 12.5 Å². The van der Waals surface area contributed by atoms with E-state index < -0.39 is 0 Å². The van der Waals surface area contributed by atoms with Crippen LogP contribution in [0.3, 0.4) is 0 Å². The summed E-state index contributed by atoms with van der Waals surface area (Å²) in [5.74, 6) is 0.410. The Bertz CT molecular complexity index is 649. The van der Waals surface area contributed by atoms with Gasteiger partial charge in [0, 0.05) is 15.8 Å². The van der Waals surface area contributed by atoms with Crippen molar-refractivity contribution in [3.8, 4) is 5.75 Å². The molecule has 0 radical (unpaired) electrons. The quantitative estimate of drug-likeness (QED) is 0.832. The fourth-order valence-corrected chi connectivity index (χ4v) is 2.41. The number of methoxy groups -OCH3 is 1. The average molecular weight is 370 g/mol. The third-order valence-corrected chi connectivity index (χ3v) is 3.74. The number of benzene rings is 2. The average Bonchev–Trinajstić information content (AvgIpc) is 2.46. The normalized spacial score (nSPS) is 10.0.